The van der Waals surface area contributed by atoms with E-state index in [0.29, 0.717) is 36.4 Å². The Kier molecular flexibility index (Phi) is 3.94. The van der Waals surface area contributed by atoms with E-state index in [9.17, 15) is 4.79 Å². The summed E-state index contributed by atoms with van der Waals surface area (Å²) >= 11 is 6.23. The SMILES string of the molecule is Cc1nc(N2CCOC(c3ccccc3Cl)C2)cc(=O)[nH]1. The zero-order valence-corrected chi connectivity index (χ0v) is 12.4. The fourth-order valence-electron chi connectivity index (χ4n) is 2.51. The zero-order valence-electron chi connectivity index (χ0n) is 11.7. The largest absolute Gasteiger partial charge is 0.370 e. The Bertz CT molecular complexity index is 701. The van der Waals surface area contributed by atoms with Gasteiger partial charge in [-0.25, -0.2) is 4.98 Å². The highest BCUT2D eigenvalue weighted by molar-refractivity contribution is 6.31. The first-order valence-electron chi connectivity index (χ1n) is 6.82. The number of anilines is 1. The summed E-state index contributed by atoms with van der Waals surface area (Å²) in [5.74, 6) is 1.29. The minimum atomic E-state index is -0.140. The van der Waals surface area contributed by atoms with Gasteiger partial charge in [0, 0.05) is 29.7 Å². The van der Waals surface area contributed by atoms with E-state index in [-0.39, 0.29) is 11.7 Å². The summed E-state index contributed by atoms with van der Waals surface area (Å²) < 4.78 is 5.82. The van der Waals surface area contributed by atoms with Crippen molar-refractivity contribution < 1.29 is 4.74 Å². The smallest absolute Gasteiger partial charge is 0.252 e. The van der Waals surface area contributed by atoms with Crippen LogP contribution >= 0.6 is 11.6 Å². The molecule has 2 heterocycles. The Morgan fingerprint density at radius 2 is 2.24 bits per heavy atom. The lowest BCUT2D eigenvalue weighted by atomic mass is 10.1. The molecule has 1 aliphatic heterocycles. The number of ether oxygens (including phenoxy) is 1. The molecule has 1 aromatic carbocycles. The highest BCUT2D eigenvalue weighted by Crippen LogP contribution is 2.29. The second kappa shape index (κ2) is 5.87. The number of hydrogen-bond acceptors (Lipinski definition) is 4. The molecule has 1 atom stereocenters. The van der Waals surface area contributed by atoms with Crippen molar-refractivity contribution in [3.8, 4) is 0 Å². The number of morpholine rings is 1. The van der Waals surface area contributed by atoms with Crippen molar-refractivity contribution in [2.24, 2.45) is 0 Å². The minimum absolute atomic E-state index is 0.117. The first kappa shape index (κ1) is 14.1. The quantitative estimate of drug-likeness (QED) is 0.925. The van der Waals surface area contributed by atoms with Crippen molar-refractivity contribution in [2.75, 3.05) is 24.6 Å². The number of nitrogens with one attached hydrogen (secondary N) is 1. The third kappa shape index (κ3) is 3.09. The van der Waals surface area contributed by atoms with E-state index < -0.39 is 0 Å². The molecule has 1 aliphatic rings. The first-order chi connectivity index (χ1) is 10.1. The maximum atomic E-state index is 11.6. The summed E-state index contributed by atoms with van der Waals surface area (Å²) in [5, 5.41) is 0.694. The Hall–Kier alpha value is -1.85. The molecule has 21 heavy (non-hydrogen) atoms. The van der Waals surface area contributed by atoms with E-state index in [4.69, 9.17) is 16.3 Å². The van der Waals surface area contributed by atoms with Crippen molar-refractivity contribution in [2.45, 2.75) is 13.0 Å². The van der Waals surface area contributed by atoms with Crippen LogP contribution < -0.4 is 10.5 Å². The molecule has 0 spiro atoms. The summed E-state index contributed by atoms with van der Waals surface area (Å²) in [5.41, 5.74) is 0.823. The van der Waals surface area contributed by atoms with Crippen molar-refractivity contribution in [3.05, 3.63) is 57.1 Å². The molecule has 5 nitrogen and oxygen atoms in total. The lowest BCUT2D eigenvalue weighted by Gasteiger charge is -2.34. The molecule has 1 unspecified atom stereocenters. The third-order valence-corrected chi connectivity index (χ3v) is 3.83. The van der Waals surface area contributed by atoms with E-state index in [2.05, 4.69) is 14.9 Å². The Labute approximate surface area is 127 Å². The van der Waals surface area contributed by atoms with Gasteiger partial charge >= 0.3 is 0 Å². The number of aryl methyl sites for hydroxylation is 1. The van der Waals surface area contributed by atoms with Crippen LogP contribution in [0.2, 0.25) is 5.02 Å². The van der Waals surface area contributed by atoms with Crippen molar-refractivity contribution in [1.82, 2.24) is 9.97 Å². The van der Waals surface area contributed by atoms with Crippen LogP contribution in [0.5, 0.6) is 0 Å². The molecule has 6 heteroatoms. The average molecular weight is 306 g/mol. The third-order valence-electron chi connectivity index (χ3n) is 3.49. The standard InChI is InChI=1S/C15H16ClN3O2/c1-10-17-14(8-15(20)18-10)19-6-7-21-13(9-19)11-4-2-3-5-12(11)16/h2-5,8,13H,6-7,9H2,1H3,(H,17,18,20). The predicted molar refractivity (Wildman–Crippen MR) is 82.0 cm³/mol. The Morgan fingerprint density at radius 1 is 1.43 bits per heavy atom. The van der Waals surface area contributed by atoms with Crippen LogP contribution in [0.4, 0.5) is 5.82 Å². The Morgan fingerprint density at radius 3 is 3.00 bits per heavy atom. The fraction of sp³-hybridized carbons (Fsp3) is 0.333. The summed E-state index contributed by atoms with van der Waals surface area (Å²) in [6.45, 7) is 3.68. The van der Waals surface area contributed by atoms with E-state index in [1.807, 2.05) is 24.3 Å². The minimum Gasteiger partial charge on any atom is -0.370 e. The van der Waals surface area contributed by atoms with Crippen LogP contribution in [-0.4, -0.2) is 29.7 Å². The number of aromatic nitrogens is 2. The van der Waals surface area contributed by atoms with Crippen molar-refractivity contribution in [3.63, 3.8) is 0 Å². The first-order valence-corrected chi connectivity index (χ1v) is 7.20. The monoisotopic (exact) mass is 305 g/mol. The molecule has 0 amide bonds. The highest BCUT2D eigenvalue weighted by atomic mass is 35.5. The van der Waals surface area contributed by atoms with Crippen LogP contribution in [0.15, 0.2) is 35.1 Å². The maximum Gasteiger partial charge on any atom is 0.252 e. The van der Waals surface area contributed by atoms with E-state index in [1.54, 1.807) is 6.92 Å². The van der Waals surface area contributed by atoms with Crippen LogP contribution in [0.25, 0.3) is 0 Å². The summed E-state index contributed by atoms with van der Waals surface area (Å²) in [7, 11) is 0. The molecular weight excluding hydrogens is 290 g/mol. The van der Waals surface area contributed by atoms with Crippen LogP contribution in [0.1, 0.15) is 17.5 Å². The molecule has 1 N–H and O–H groups in total. The van der Waals surface area contributed by atoms with Gasteiger partial charge in [-0.1, -0.05) is 29.8 Å². The molecule has 2 aromatic rings. The second-order valence-electron chi connectivity index (χ2n) is 5.02. The molecule has 0 bridgehead atoms. The highest BCUT2D eigenvalue weighted by Gasteiger charge is 2.24. The molecular formula is C15H16ClN3O2. The van der Waals surface area contributed by atoms with Gasteiger partial charge in [-0.3, -0.25) is 4.79 Å². The summed E-state index contributed by atoms with van der Waals surface area (Å²) in [4.78, 5) is 20.7. The van der Waals surface area contributed by atoms with Gasteiger partial charge in [0.2, 0.25) is 0 Å². The molecule has 0 radical (unpaired) electrons. The Balaban J connectivity index is 1.86. The lowest BCUT2D eigenvalue weighted by Crippen LogP contribution is -2.39. The maximum absolute atomic E-state index is 11.6. The number of hydrogen-bond donors (Lipinski definition) is 1. The van der Waals surface area contributed by atoms with Gasteiger partial charge in [0.1, 0.15) is 17.7 Å². The lowest BCUT2D eigenvalue weighted by molar-refractivity contribution is 0.0395. The predicted octanol–water partition coefficient (Wildman–Crippen LogP) is 2.31. The number of aromatic amines is 1. The van der Waals surface area contributed by atoms with E-state index >= 15 is 0 Å². The molecule has 1 fully saturated rings. The van der Waals surface area contributed by atoms with Crippen LogP contribution in [-0.2, 0) is 4.74 Å². The second-order valence-corrected chi connectivity index (χ2v) is 5.42. The van der Waals surface area contributed by atoms with Gasteiger partial charge in [-0.2, -0.15) is 0 Å². The fourth-order valence-corrected chi connectivity index (χ4v) is 2.76. The van der Waals surface area contributed by atoms with Gasteiger partial charge in [-0.05, 0) is 13.0 Å². The number of H-pyrrole nitrogens is 1. The van der Waals surface area contributed by atoms with Crippen LogP contribution in [0.3, 0.4) is 0 Å². The van der Waals surface area contributed by atoms with Crippen LogP contribution in [0, 0.1) is 6.92 Å². The van der Waals surface area contributed by atoms with Gasteiger partial charge in [-0.15, -0.1) is 0 Å². The molecule has 1 saturated heterocycles. The summed E-state index contributed by atoms with van der Waals surface area (Å²) in [6, 6.07) is 9.18. The molecule has 3 rings (SSSR count). The zero-order chi connectivity index (χ0) is 14.8. The molecule has 0 aliphatic carbocycles. The number of rotatable bonds is 2. The van der Waals surface area contributed by atoms with Crippen molar-refractivity contribution in [1.29, 1.82) is 0 Å². The topological polar surface area (TPSA) is 58.2 Å². The molecule has 110 valence electrons. The average Bonchev–Trinajstić information content (AvgIpc) is 2.47. The van der Waals surface area contributed by atoms with Gasteiger partial charge in [0.25, 0.3) is 5.56 Å². The molecule has 0 saturated carbocycles. The van der Waals surface area contributed by atoms with E-state index in [0.717, 1.165) is 5.56 Å². The van der Waals surface area contributed by atoms with E-state index in [1.165, 1.54) is 6.07 Å². The van der Waals surface area contributed by atoms with Gasteiger partial charge in [0.15, 0.2) is 0 Å². The van der Waals surface area contributed by atoms with Gasteiger partial charge in [0.05, 0.1) is 6.61 Å². The number of benzene rings is 1. The number of nitrogens with zero attached hydrogens (tertiary/aromatic N) is 2. The number of halogens is 1. The van der Waals surface area contributed by atoms with Crippen molar-refractivity contribution >= 4 is 17.4 Å². The van der Waals surface area contributed by atoms with Gasteiger partial charge < -0.3 is 14.6 Å². The molecule has 1 aromatic heterocycles. The summed E-state index contributed by atoms with van der Waals surface area (Å²) in [6.07, 6.45) is -0.117. The normalized spacial score (nSPS) is 18.8.